The van der Waals surface area contributed by atoms with E-state index in [0.29, 0.717) is 11.7 Å². The second-order valence-corrected chi connectivity index (χ2v) is 5.18. The molecule has 4 heteroatoms. The Morgan fingerprint density at radius 2 is 2.00 bits per heavy atom. The van der Waals surface area contributed by atoms with E-state index < -0.39 is 0 Å². The van der Waals surface area contributed by atoms with E-state index in [1.54, 1.807) is 0 Å². The first-order valence-electron chi connectivity index (χ1n) is 5.05. The Balaban J connectivity index is 2.26. The maximum atomic E-state index is 6.10. The molecule has 14 heavy (non-hydrogen) atoms. The smallest absolute Gasteiger partial charge is 0.232 e. The van der Waals surface area contributed by atoms with E-state index in [9.17, 15) is 0 Å². The minimum atomic E-state index is -0.312. The average Bonchev–Trinajstić information content (AvgIpc) is 2.46. The van der Waals surface area contributed by atoms with Crippen LogP contribution in [0.5, 0.6) is 0 Å². The van der Waals surface area contributed by atoms with Crippen LogP contribution >= 0.6 is 0 Å². The highest BCUT2D eigenvalue weighted by atomic mass is 16.5. The van der Waals surface area contributed by atoms with Crippen LogP contribution in [0.3, 0.4) is 0 Å². The molecule has 0 saturated heterocycles. The van der Waals surface area contributed by atoms with Gasteiger partial charge in [-0.1, -0.05) is 25.9 Å². The topological polar surface area (TPSA) is 64.9 Å². The van der Waals surface area contributed by atoms with Crippen LogP contribution in [0.25, 0.3) is 0 Å². The van der Waals surface area contributed by atoms with E-state index >= 15 is 0 Å². The molecule has 0 amide bonds. The van der Waals surface area contributed by atoms with Gasteiger partial charge in [0, 0.05) is 5.41 Å². The van der Waals surface area contributed by atoms with Crippen molar-refractivity contribution < 1.29 is 4.52 Å². The second kappa shape index (κ2) is 2.79. The summed E-state index contributed by atoms with van der Waals surface area (Å²) in [6, 6.07) is 0. The molecular formula is C10H17N3O. The number of rotatable bonds is 1. The third-order valence-corrected chi connectivity index (χ3v) is 2.76. The van der Waals surface area contributed by atoms with Crippen LogP contribution < -0.4 is 5.73 Å². The molecule has 0 aromatic carbocycles. The average molecular weight is 195 g/mol. The lowest BCUT2D eigenvalue weighted by Gasteiger charge is -2.34. The van der Waals surface area contributed by atoms with Crippen molar-refractivity contribution in [3.63, 3.8) is 0 Å². The molecule has 1 aliphatic carbocycles. The molecule has 1 saturated carbocycles. The first-order valence-corrected chi connectivity index (χ1v) is 5.05. The Labute approximate surface area is 83.9 Å². The van der Waals surface area contributed by atoms with Gasteiger partial charge in [-0.05, 0) is 19.3 Å². The quantitative estimate of drug-likeness (QED) is 0.740. The molecule has 0 aliphatic heterocycles. The van der Waals surface area contributed by atoms with E-state index in [-0.39, 0.29) is 11.0 Å². The number of aromatic nitrogens is 2. The molecular weight excluding hydrogens is 178 g/mol. The van der Waals surface area contributed by atoms with E-state index in [2.05, 4.69) is 10.1 Å². The molecule has 0 radical (unpaired) electrons. The summed E-state index contributed by atoms with van der Waals surface area (Å²) in [6.45, 7) is 6.15. The third-order valence-electron chi connectivity index (χ3n) is 2.76. The van der Waals surface area contributed by atoms with Crippen molar-refractivity contribution in [2.75, 3.05) is 0 Å². The Hall–Kier alpha value is -0.900. The van der Waals surface area contributed by atoms with Crippen LogP contribution in [0.2, 0.25) is 0 Å². The lowest BCUT2D eigenvalue weighted by molar-refractivity contribution is 0.227. The minimum absolute atomic E-state index is 0.0919. The molecule has 1 aromatic rings. The largest absolute Gasteiger partial charge is 0.339 e. The molecule has 2 rings (SSSR count). The van der Waals surface area contributed by atoms with Crippen molar-refractivity contribution in [1.29, 1.82) is 0 Å². The molecule has 0 unspecified atom stereocenters. The highest BCUT2D eigenvalue weighted by Gasteiger charge is 2.39. The fraction of sp³-hybridized carbons (Fsp3) is 0.800. The van der Waals surface area contributed by atoms with Crippen LogP contribution in [0, 0.1) is 0 Å². The van der Waals surface area contributed by atoms with Gasteiger partial charge < -0.3 is 10.3 Å². The molecule has 0 spiro atoms. The van der Waals surface area contributed by atoms with Crippen molar-refractivity contribution >= 4 is 0 Å². The van der Waals surface area contributed by atoms with Gasteiger partial charge in [0.25, 0.3) is 0 Å². The van der Waals surface area contributed by atoms with Crippen molar-refractivity contribution in [3.05, 3.63) is 11.7 Å². The van der Waals surface area contributed by atoms with Crippen molar-refractivity contribution in [1.82, 2.24) is 10.1 Å². The highest BCUT2D eigenvalue weighted by Crippen LogP contribution is 2.37. The fourth-order valence-electron chi connectivity index (χ4n) is 1.51. The Morgan fingerprint density at radius 3 is 2.36 bits per heavy atom. The number of hydrogen-bond donors (Lipinski definition) is 1. The Morgan fingerprint density at radius 1 is 1.36 bits per heavy atom. The maximum Gasteiger partial charge on any atom is 0.232 e. The van der Waals surface area contributed by atoms with E-state index in [1.165, 1.54) is 0 Å². The van der Waals surface area contributed by atoms with Crippen LogP contribution in [0.15, 0.2) is 4.52 Å². The highest BCUT2D eigenvalue weighted by molar-refractivity contribution is 5.10. The first kappa shape index (κ1) is 9.65. The third kappa shape index (κ3) is 1.43. The summed E-state index contributed by atoms with van der Waals surface area (Å²) in [7, 11) is 0. The van der Waals surface area contributed by atoms with Gasteiger partial charge in [-0.15, -0.1) is 0 Å². The lowest BCUT2D eigenvalue weighted by Crippen LogP contribution is -2.44. The standard InChI is InChI=1S/C10H17N3O/c1-9(2,3)8-12-7(13-14-8)10(11)5-4-6-10/h4-6,11H2,1-3H3. The minimum Gasteiger partial charge on any atom is -0.339 e. The zero-order chi connectivity index (χ0) is 10.4. The van der Waals surface area contributed by atoms with Crippen LogP contribution in [0.1, 0.15) is 51.7 Å². The summed E-state index contributed by atoms with van der Waals surface area (Å²) < 4.78 is 5.21. The zero-order valence-electron chi connectivity index (χ0n) is 9.00. The number of hydrogen-bond acceptors (Lipinski definition) is 4. The molecule has 1 heterocycles. The van der Waals surface area contributed by atoms with Crippen molar-refractivity contribution in [2.45, 2.75) is 51.0 Å². The lowest BCUT2D eigenvalue weighted by atomic mass is 9.77. The molecule has 2 N–H and O–H groups in total. The zero-order valence-corrected chi connectivity index (χ0v) is 9.00. The van der Waals surface area contributed by atoms with Gasteiger partial charge >= 0.3 is 0 Å². The van der Waals surface area contributed by atoms with Crippen molar-refractivity contribution in [3.8, 4) is 0 Å². The maximum absolute atomic E-state index is 6.10. The summed E-state index contributed by atoms with van der Waals surface area (Å²) >= 11 is 0. The summed E-state index contributed by atoms with van der Waals surface area (Å²) in [6.07, 6.45) is 3.10. The number of nitrogens with zero attached hydrogens (tertiary/aromatic N) is 2. The number of nitrogens with two attached hydrogens (primary N) is 1. The van der Waals surface area contributed by atoms with Gasteiger partial charge in [-0.2, -0.15) is 4.98 Å². The van der Waals surface area contributed by atoms with E-state index in [4.69, 9.17) is 10.3 Å². The van der Waals surface area contributed by atoms with Gasteiger partial charge in [-0.25, -0.2) is 0 Å². The molecule has 4 nitrogen and oxygen atoms in total. The normalized spacial score (nSPS) is 20.6. The molecule has 78 valence electrons. The Bertz CT molecular complexity index is 333. The van der Waals surface area contributed by atoms with Gasteiger partial charge in [-0.3, -0.25) is 0 Å². The molecule has 1 fully saturated rings. The molecule has 0 atom stereocenters. The van der Waals surface area contributed by atoms with Gasteiger partial charge in [0.2, 0.25) is 5.89 Å². The van der Waals surface area contributed by atoms with Crippen LogP contribution in [-0.4, -0.2) is 10.1 Å². The predicted molar refractivity (Wildman–Crippen MR) is 52.7 cm³/mol. The fourth-order valence-corrected chi connectivity index (χ4v) is 1.51. The predicted octanol–water partition coefficient (Wildman–Crippen LogP) is 1.71. The molecule has 1 aliphatic rings. The Kier molecular flexibility index (Phi) is 1.93. The molecule has 0 bridgehead atoms. The van der Waals surface area contributed by atoms with E-state index in [0.717, 1.165) is 19.3 Å². The SMILES string of the molecule is CC(C)(C)c1nc(C2(N)CCC2)no1. The summed E-state index contributed by atoms with van der Waals surface area (Å²) in [5.74, 6) is 1.35. The van der Waals surface area contributed by atoms with Gasteiger partial charge in [0.15, 0.2) is 5.82 Å². The van der Waals surface area contributed by atoms with Gasteiger partial charge in [0.05, 0.1) is 5.54 Å². The monoisotopic (exact) mass is 195 g/mol. The second-order valence-electron chi connectivity index (χ2n) is 5.18. The first-order chi connectivity index (χ1) is 6.42. The molecule has 1 aromatic heterocycles. The van der Waals surface area contributed by atoms with Crippen LogP contribution in [0.4, 0.5) is 0 Å². The summed E-state index contributed by atoms with van der Waals surface area (Å²) in [4.78, 5) is 4.37. The van der Waals surface area contributed by atoms with E-state index in [1.807, 2.05) is 20.8 Å². The van der Waals surface area contributed by atoms with Gasteiger partial charge in [0.1, 0.15) is 0 Å². The van der Waals surface area contributed by atoms with Crippen LogP contribution in [-0.2, 0) is 11.0 Å². The van der Waals surface area contributed by atoms with Crippen molar-refractivity contribution in [2.24, 2.45) is 5.73 Å². The summed E-state index contributed by atoms with van der Waals surface area (Å²) in [5.41, 5.74) is 5.69. The summed E-state index contributed by atoms with van der Waals surface area (Å²) in [5, 5.41) is 3.97.